The van der Waals surface area contributed by atoms with Crippen LogP contribution in [0.3, 0.4) is 0 Å². The molecule has 0 aromatic heterocycles. The minimum Gasteiger partial charge on any atom is -0.494 e. The number of carbonyl (C=O) groups excluding carboxylic acids is 2. The molecule has 3 rings (SSSR count). The molecule has 0 saturated heterocycles. The van der Waals surface area contributed by atoms with E-state index in [1.165, 1.54) is 0 Å². The number of nitrogens with one attached hydrogen (secondary N) is 2. The summed E-state index contributed by atoms with van der Waals surface area (Å²) < 4.78 is 5.96. The Bertz CT molecular complexity index is 1010. The molecule has 3 unspecified atom stereocenters. The molecular weight excluding hydrogens is 492 g/mol. The monoisotopic (exact) mass is 542 g/mol. The van der Waals surface area contributed by atoms with Crippen LogP contribution in [0.1, 0.15) is 78.2 Å². The van der Waals surface area contributed by atoms with E-state index < -0.39 is 12.3 Å². The zero-order chi connectivity index (χ0) is 28.6. The Morgan fingerprint density at radius 3 is 2.79 bits per heavy atom. The molecule has 1 amide bonds. The molecule has 2 heterocycles. The second kappa shape index (κ2) is 14.2. The fourth-order valence-electron chi connectivity index (χ4n) is 5.73. The Labute approximate surface area is 235 Å². The van der Waals surface area contributed by atoms with Gasteiger partial charge >= 0.3 is 0 Å². The lowest BCUT2D eigenvalue weighted by molar-refractivity contribution is -0.119. The highest BCUT2D eigenvalue weighted by Crippen LogP contribution is 2.34. The first-order valence-electron chi connectivity index (χ1n) is 14.6. The number of carbonyl (C=O) groups is 2. The highest BCUT2D eigenvalue weighted by atomic mass is 16.5. The summed E-state index contributed by atoms with van der Waals surface area (Å²) in [6.45, 7) is 10.6. The average Bonchev–Trinajstić information content (AvgIpc) is 3.45. The summed E-state index contributed by atoms with van der Waals surface area (Å²) in [6.07, 6.45) is 6.64. The van der Waals surface area contributed by atoms with Crippen LogP contribution >= 0.6 is 0 Å². The predicted molar refractivity (Wildman–Crippen MR) is 157 cm³/mol. The minimum atomic E-state index is -0.821. The van der Waals surface area contributed by atoms with Gasteiger partial charge in [-0.25, -0.2) is 0 Å². The van der Waals surface area contributed by atoms with Crippen LogP contribution in [0.2, 0.25) is 0 Å². The van der Waals surface area contributed by atoms with Gasteiger partial charge in [0.15, 0.2) is 0 Å². The van der Waals surface area contributed by atoms with Crippen LogP contribution in [-0.2, 0) is 16.0 Å². The highest BCUT2D eigenvalue weighted by Gasteiger charge is 2.34. The van der Waals surface area contributed by atoms with Gasteiger partial charge in [-0.3, -0.25) is 4.79 Å². The predicted octanol–water partition coefficient (Wildman–Crippen LogP) is 4.01. The molecular formula is C31H50N4O4. The van der Waals surface area contributed by atoms with E-state index in [1.807, 2.05) is 24.0 Å². The maximum Gasteiger partial charge on any atom is 0.267 e. The second-order valence-corrected chi connectivity index (χ2v) is 12.3. The van der Waals surface area contributed by atoms with Crippen LogP contribution in [-0.4, -0.2) is 74.3 Å². The minimum absolute atomic E-state index is 0.119. The van der Waals surface area contributed by atoms with Crippen molar-refractivity contribution in [3.8, 4) is 5.75 Å². The molecule has 3 N–H and O–H groups in total. The number of benzene rings is 1. The maximum absolute atomic E-state index is 13.4. The lowest BCUT2D eigenvalue weighted by atomic mass is 9.82. The number of aliphatic hydroxyl groups is 1. The zero-order valence-electron chi connectivity index (χ0n) is 24.9. The van der Waals surface area contributed by atoms with Crippen LogP contribution in [0.25, 0.3) is 0 Å². The maximum atomic E-state index is 13.4. The van der Waals surface area contributed by atoms with E-state index in [0.29, 0.717) is 31.7 Å². The molecule has 8 nitrogen and oxygen atoms in total. The number of unbranched alkanes of at least 4 members (excludes halogenated alkanes) is 1. The number of rotatable bonds is 16. The van der Waals surface area contributed by atoms with Crippen LogP contribution in [0.15, 0.2) is 29.5 Å². The van der Waals surface area contributed by atoms with E-state index in [2.05, 4.69) is 56.5 Å². The number of amides is 1. The van der Waals surface area contributed by atoms with Gasteiger partial charge in [-0.2, -0.15) is 0 Å². The summed E-state index contributed by atoms with van der Waals surface area (Å²) >= 11 is 0. The lowest BCUT2D eigenvalue weighted by Crippen LogP contribution is -2.52. The molecule has 0 spiro atoms. The van der Waals surface area contributed by atoms with Gasteiger partial charge in [-0.15, -0.1) is 0 Å². The number of fused-ring (bicyclic) bond motifs is 1. The van der Waals surface area contributed by atoms with Crippen molar-refractivity contribution in [2.75, 3.05) is 38.7 Å². The Hall–Kier alpha value is -2.58. The average molecular weight is 543 g/mol. The van der Waals surface area contributed by atoms with E-state index in [-0.39, 0.29) is 17.4 Å². The van der Waals surface area contributed by atoms with Gasteiger partial charge in [0.25, 0.3) is 5.91 Å². The summed E-state index contributed by atoms with van der Waals surface area (Å²) in [4.78, 5) is 28.6. The number of aliphatic hydroxyl groups excluding tert-OH is 1. The van der Waals surface area contributed by atoms with Crippen molar-refractivity contribution >= 4 is 17.9 Å². The van der Waals surface area contributed by atoms with Crippen molar-refractivity contribution in [2.24, 2.45) is 5.41 Å². The molecule has 0 fully saturated rings. The molecule has 218 valence electrons. The molecule has 1 aromatic carbocycles. The molecule has 2 aliphatic rings. The lowest BCUT2D eigenvalue weighted by Gasteiger charge is -2.33. The van der Waals surface area contributed by atoms with Gasteiger partial charge in [-0.05, 0) is 87.9 Å². The van der Waals surface area contributed by atoms with Crippen molar-refractivity contribution in [2.45, 2.75) is 97.4 Å². The standard InChI is InChI=1S/C31H50N4O4/c1-7-8-10-26(33-29(37)28-22(2)19-24(32-28)21-31(3,4)14-17-36)30(38)35-16-13-23-20-25(11-12-27(23)35)39-18-9-15-34(5)6/h11-12,17,20,24,26,30,32,38H,7-10,13-16,18-19,21H2,1-6H3,(H,33,37). The molecule has 0 saturated carbocycles. The topological polar surface area (TPSA) is 94.1 Å². The molecule has 0 aliphatic carbocycles. The summed E-state index contributed by atoms with van der Waals surface area (Å²) in [6, 6.07) is 5.83. The fraction of sp³-hybridized carbons (Fsp3) is 0.677. The molecule has 0 bridgehead atoms. The molecule has 2 aliphatic heterocycles. The van der Waals surface area contributed by atoms with E-state index in [1.54, 1.807) is 0 Å². The molecule has 1 aromatic rings. The first kappa shape index (κ1) is 31.0. The van der Waals surface area contributed by atoms with E-state index >= 15 is 0 Å². The highest BCUT2D eigenvalue weighted by molar-refractivity contribution is 5.94. The molecule has 8 heteroatoms. The van der Waals surface area contributed by atoms with Crippen molar-refractivity contribution in [1.82, 2.24) is 15.5 Å². The largest absolute Gasteiger partial charge is 0.494 e. The second-order valence-electron chi connectivity index (χ2n) is 12.3. The van der Waals surface area contributed by atoms with Crippen LogP contribution in [0.4, 0.5) is 5.69 Å². The Kier molecular flexibility index (Phi) is 11.2. The molecule has 3 atom stereocenters. The van der Waals surface area contributed by atoms with Gasteiger partial charge in [0.1, 0.15) is 18.3 Å². The van der Waals surface area contributed by atoms with Gasteiger partial charge in [0.2, 0.25) is 0 Å². The Morgan fingerprint density at radius 2 is 2.10 bits per heavy atom. The normalized spacial score (nSPS) is 18.7. The van der Waals surface area contributed by atoms with Crippen molar-refractivity contribution in [3.05, 3.63) is 35.0 Å². The van der Waals surface area contributed by atoms with E-state index in [9.17, 15) is 14.7 Å². The Morgan fingerprint density at radius 1 is 1.33 bits per heavy atom. The number of aldehydes is 1. The van der Waals surface area contributed by atoms with Crippen molar-refractivity contribution < 1.29 is 19.4 Å². The third-order valence-corrected chi connectivity index (χ3v) is 7.86. The SMILES string of the molecule is CCCCC(NC(=O)C1=C(C)CC(CC(C)(C)CC=O)N1)C(O)N1CCc2cc(OCCCN(C)C)ccc21. The smallest absolute Gasteiger partial charge is 0.267 e. The van der Waals surface area contributed by atoms with E-state index in [0.717, 1.165) is 73.9 Å². The van der Waals surface area contributed by atoms with Crippen LogP contribution in [0.5, 0.6) is 5.75 Å². The van der Waals surface area contributed by atoms with Crippen molar-refractivity contribution in [1.29, 1.82) is 0 Å². The van der Waals surface area contributed by atoms with E-state index in [4.69, 9.17) is 4.74 Å². The first-order valence-corrected chi connectivity index (χ1v) is 14.6. The number of hydrogen-bond donors (Lipinski definition) is 3. The van der Waals surface area contributed by atoms with Gasteiger partial charge in [0.05, 0.1) is 18.3 Å². The summed E-state index contributed by atoms with van der Waals surface area (Å²) in [7, 11) is 4.12. The van der Waals surface area contributed by atoms with Crippen LogP contribution < -0.4 is 20.3 Å². The number of hydrogen-bond acceptors (Lipinski definition) is 7. The zero-order valence-corrected chi connectivity index (χ0v) is 24.9. The van der Waals surface area contributed by atoms with Gasteiger partial charge in [0, 0.05) is 31.2 Å². The Balaban J connectivity index is 1.64. The van der Waals surface area contributed by atoms with Crippen LogP contribution in [0, 0.1) is 5.41 Å². The third-order valence-electron chi connectivity index (χ3n) is 7.86. The van der Waals surface area contributed by atoms with Crippen molar-refractivity contribution in [3.63, 3.8) is 0 Å². The van der Waals surface area contributed by atoms with Gasteiger partial charge < -0.3 is 35.1 Å². The number of ether oxygens (including phenoxy) is 1. The third kappa shape index (κ3) is 8.70. The molecule has 0 radical (unpaired) electrons. The first-order chi connectivity index (χ1) is 18.5. The summed E-state index contributed by atoms with van der Waals surface area (Å²) in [5.74, 6) is 0.699. The fourth-order valence-corrected chi connectivity index (χ4v) is 5.73. The number of anilines is 1. The van der Waals surface area contributed by atoms with Gasteiger partial charge in [-0.1, -0.05) is 33.6 Å². The quantitative estimate of drug-likeness (QED) is 0.215. The summed E-state index contributed by atoms with van der Waals surface area (Å²) in [5.41, 5.74) is 3.68. The molecule has 39 heavy (non-hydrogen) atoms. The number of nitrogens with zero attached hydrogens (tertiary/aromatic N) is 2. The summed E-state index contributed by atoms with van der Waals surface area (Å²) in [5, 5.41) is 18.1.